The zero-order valence-electron chi connectivity index (χ0n) is 16.8. The number of fused-ring (bicyclic) bond motifs is 5. The van der Waals surface area contributed by atoms with Crippen LogP contribution >= 0.6 is 11.3 Å². The molecule has 3 aromatic heterocycles. The van der Waals surface area contributed by atoms with Gasteiger partial charge in [0.2, 0.25) is 0 Å². The lowest BCUT2D eigenvalue weighted by atomic mass is 9.82. The Bertz CT molecular complexity index is 1330. The standard InChI is InChI=1S/C24H20N4O2S/c29-23-18(22-10-16-3-1-2-4-21(16)31-22)5-6-20-17-9-15(13-28(20)23)12-27(14-17)24(30)19-11-25-7-8-26-19/h1-8,10-11,15,17H,9,12-14H2/t15-,17+/m0/s1. The molecule has 6 nitrogen and oxygen atoms in total. The normalized spacial score (nSPS) is 19.9. The molecule has 6 rings (SSSR count). The molecule has 1 aromatic carbocycles. The average Bonchev–Trinajstić information content (AvgIpc) is 3.24. The maximum absolute atomic E-state index is 13.4. The summed E-state index contributed by atoms with van der Waals surface area (Å²) in [6.07, 6.45) is 5.63. The summed E-state index contributed by atoms with van der Waals surface area (Å²) in [6, 6.07) is 14.4. The van der Waals surface area contributed by atoms with E-state index in [0.717, 1.165) is 22.6 Å². The molecule has 0 N–H and O–H groups in total. The number of benzene rings is 1. The van der Waals surface area contributed by atoms with Crippen LogP contribution in [0.1, 0.15) is 28.5 Å². The second-order valence-corrected chi connectivity index (χ2v) is 9.42. The van der Waals surface area contributed by atoms with Gasteiger partial charge in [0, 0.05) is 53.2 Å². The third kappa shape index (κ3) is 3.08. The zero-order chi connectivity index (χ0) is 20.9. The van der Waals surface area contributed by atoms with Crippen molar-refractivity contribution in [3.8, 4) is 10.4 Å². The monoisotopic (exact) mass is 428 g/mol. The van der Waals surface area contributed by atoms with Crippen molar-refractivity contribution in [1.29, 1.82) is 0 Å². The average molecular weight is 429 g/mol. The van der Waals surface area contributed by atoms with Gasteiger partial charge in [-0.15, -0.1) is 11.3 Å². The Morgan fingerprint density at radius 1 is 1.06 bits per heavy atom. The molecule has 0 unspecified atom stereocenters. The first-order chi connectivity index (χ1) is 15.2. The summed E-state index contributed by atoms with van der Waals surface area (Å²) in [5.41, 5.74) is 2.24. The van der Waals surface area contributed by atoms with Gasteiger partial charge in [0.15, 0.2) is 0 Å². The Morgan fingerprint density at radius 2 is 1.97 bits per heavy atom. The van der Waals surface area contributed by atoms with E-state index in [-0.39, 0.29) is 23.3 Å². The van der Waals surface area contributed by atoms with Gasteiger partial charge in [-0.05, 0) is 42.0 Å². The van der Waals surface area contributed by atoms with Crippen LogP contribution in [0.3, 0.4) is 0 Å². The van der Waals surface area contributed by atoms with Gasteiger partial charge in [0.25, 0.3) is 11.5 Å². The molecule has 4 aromatic rings. The van der Waals surface area contributed by atoms with Crippen molar-refractivity contribution >= 4 is 27.3 Å². The Kier molecular flexibility index (Phi) is 4.24. The van der Waals surface area contributed by atoms with E-state index in [0.29, 0.717) is 25.3 Å². The molecule has 0 aliphatic carbocycles. The van der Waals surface area contributed by atoms with Crippen LogP contribution in [0.4, 0.5) is 0 Å². The molecular weight excluding hydrogens is 408 g/mol. The van der Waals surface area contributed by atoms with Crippen LogP contribution < -0.4 is 5.56 Å². The molecule has 7 heteroatoms. The fourth-order valence-corrected chi connectivity index (χ4v) is 6.06. The maximum atomic E-state index is 13.4. The number of hydrogen-bond donors (Lipinski definition) is 0. The SMILES string of the molecule is O=C(c1cnccn1)N1C[C@@H]2C[C@H](C1)c1ccc(-c3cc4ccccc4s3)c(=O)n1C2. The number of amides is 1. The van der Waals surface area contributed by atoms with Gasteiger partial charge in [-0.3, -0.25) is 14.6 Å². The minimum absolute atomic E-state index is 0.0764. The van der Waals surface area contributed by atoms with Crippen LogP contribution in [0, 0.1) is 5.92 Å². The van der Waals surface area contributed by atoms with E-state index < -0.39 is 0 Å². The highest BCUT2D eigenvalue weighted by atomic mass is 32.1. The van der Waals surface area contributed by atoms with Gasteiger partial charge in [-0.1, -0.05) is 18.2 Å². The number of carbonyl (C=O) groups excluding carboxylic acids is 1. The molecule has 1 saturated heterocycles. The summed E-state index contributed by atoms with van der Waals surface area (Å²) in [5, 5.41) is 1.17. The highest BCUT2D eigenvalue weighted by molar-refractivity contribution is 7.22. The molecule has 154 valence electrons. The second-order valence-electron chi connectivity index (χ2n) is 8.34. The Balaban J connectivity index is 1.34. The minimum Gasteiger partial charge on any atom is -0.336 e. The molecule has 0 spiro atoms. The number of nitrogens with zero attached hydrogens (tertiary/aromatic N) is 4. The zero-order valence-corrected chi connectivity index (χ0v) is 17.6. The van der Waals surface area contributed by atoms with Crippen molar-refractivity contribution in [2.24, 2.45) is 5.92 Å². The Morgan fingerprint density at radius 3 is 2.81 bits per heavy atom. The van der Waals surface area contributed by atoms with Gasteiger partial charge in [0.05, 0.1) is 11.8 Å². The Hall–Kier alpha value is -3.32. The smallest absolute Gasteiger partial charge is 0.274 e. The number of thiophene rings is 1. The third-order valence-corrected chi connectivity index (χ3v) is 7.51. The topological polar surface area (TPSA) is 68.1 Å². The molecule has 31 heavy (non-hydrogen) atoms. The number of rotatable bonds is 2. The molecule has 2 aliphatic rings. The van der Waals surface area contributed by atoms with Gasteiger partial charge in [0.1, 0.15) is 5.69 Å². The van der Waals surface area contributed by atoms with Crippen LogP contribution in [-0.4, -0.2) is 38.4 Å². The largest absolute Gasteiger partial charge is 0.336 e. The molecule has 2 atom stereocenters. The number of aromatic nitrogens is 3. The minimum atomic E-state index is -0.0829. The van der Waals surface area contributed by atoms with Gasteiger partial charge in [-0.25, -0.2) is 4.98 Å². The van der Waals surface area contributed by atoms with Crippen molar-refractivity contribution in [3.05, 3.63) is 82.8 Å². The number of pyridine rings is 1. The van der Waals surface area contributed by atoms with Crippen LogP contribution in [0.5, 0.6) is 0 Å². The molecule has 2 bridgehead atoms. The molecule has 1 amide bonds. The summed E-state index contributed by atoms with van der Waals surface area (Å²) in [4.78, 5) is 37.4. The molecule has 0 radical (unpaired) electrons. The quantitative estimate of drug-likeness (QED) is 0.487. The van der Waals surface area contributed by atoms with E-state index >= 15 is 0 Å². The lowest BCUT2D eigenvalue weighted by Crippen LogP contribution is -2.49. The van der Waals surface area contributed by atoms with Crippen molar-refractivity contribution in [2.75, 3.05) is 13.1 Å². The summed E-state index contributed by atoms with van der Waals surface area (Å²) in [6.45, 7) is 1.89. The van der Waals surface area contributed by atoms with Crippen LogP contribution in [0.15, 0.2) is 65.8 Å². The van der Waals surface area contributed by atoms with E-state index in [1.54, 1.807) is 23.7 Å². The first kappa shape index (κ1) is 18.4. The van der Waals surface area contributed by atoms with E-state index in [1.807, 2.05) is 27.7 Å². The summed E-state index contributed by atoms with van der Waals surface area (Å²) in [7, 11) is 0. The summed E-state index contributed by atoms with van der Waals surface area (Å²) < 4.78 is 3.14. The first-order valence-corrected chi connectivity index (χ1v) is 11.3. The molecule has 5 heterocycles. The number of likely N-dealkylation sites (tertiary alicyclic amines) is 1. The van der Waals surface area contributed by atoms with Crippen LogP contribution in [0.2, 0.25) is 0 Å². The summed E-state index contributed by atoms with van der Waals surface area (Å²) in [5.74, 6) is 0.347. The van der Waals surface area contributed by atoms with Crippen molar-refractivity contribution in [1.82, 2.24) is 19.4 Å². The first-order valence-electron chi connectivity index (χ1n) is 10.5. The second kappa shape index (κ2) is 7.13. The van der Waals surface area contributed by atoms with E-state index in [4.69, 9.17) is 0 Å². The van der Waals surface area contributed by atoms with Gasteiger partial charge in [-0.2, -0.15) is 0 Å². The lowest BCUT2D eigenvalue weighted by Gasteiger charge is -2.42. The van der Waals surface area contributed by atoms with Crippen molar-refractivity contribution in [3.63, 3.8) is 0 Å². The fraction of sp³-hybridized carbons (Fsp3) is 0.250. The van der Waals surface area contributed by atoms with E-state index in [9.17, 15) is 9.59 Å². The molecule has 2 aliphatic heterocycles. The third-order valence-electron chi connectivity index (χ3n) is 6.36. The highest BCUT2D eigenvalue weighted by Crippen LogP contribution is 2.37. The Labute approximate surface area is 182 Å². The lowest BCUT2D eigenvalue weighted by molar-refractivity contribution is 0.0588. The number of carbonyl (C=O) groups is 1. The molecule has 0 saturated carbocycles. The summed E-state index contributed by atoms with van der Waals surface area (Å²) >= 11 is 1.66. The van der Waals surface area contributed by atoms with E-state index in [1.165, 1.54) is 16.3 Å². The van der Waals surface area contributed by atoms with Crippen molar-refractivity contribution in [2.45, 2.75) is 18.9 Å². The van der Waals surface area contributed by atoms with Gasteiger partial charge >= 0.3 is 0 Å². The predicted octanol–water partition coefficient (Wildman–Crippen LogP) is 3.78. The maximum Gasteiger partial charge on any atom is 0.274 e. The fourth-order valence-electron chi connectivity index (χ4n) is 4.99. The van der Waals surface area contributed by atoms with E-state index in [2.05, 4.69) is 34.2 Å². The van der Waals surface area contributed by atoms with Crippen molar-refractivity contribution < 1.29 is 4.79 Å². The van der Waals surface area contributed by atoms with Crippen LogP contribution in [-0.2, 0) is 6.54 Å². The molecule has 1 fully saturated rings. The van der Waals surface area contributed by atoms with Gasteiger partial charge < -0.3 is 9.47 Å². The highest BCUT2D eigenvalue weighted by Gasteiger charge is 2.37. The predicted molar refractivity (Wildman–Crippen MR) is 120 cm³/mol. The number of piperidine rings is 1. The van der Waals surface area contributed by atoms with Crippen LogP contribution in [0.25, 0.3) is 20.5 Å². The molecular formula is C24H20N4O2S. The number of hydrogen-bond acceptors (Lipinski definition) is 5.